The first kappa shape index (κ1) is 20.6. The van der Waals surface area contributed by atoms with Crippen LogP contribution >= 0.6 is 23.1 Å². The minimum absolute atomic E-state index is 0.0170. The zero-order valence-electron chi connectivity index (χ0n) is 16.8. The molecule has 1 aromatic carbocycles. The number of thiophene rings is 1. The van der Waals surface area contributed by atoms with E-state index in [-0.39, 0.29) is 11.7 Å². The quantitative estimate of drug-likeness (QED) is 0.446. The fourth-order valence-corrected chi connectivity index (χ4v) is 5.98. The summed E-state index contributed by atoms with van der Waals surface area (Å²) in [7, 11) is 0. The van der Waals surface area contributed by atoms with E-state index in [2.05, 4.69) is 13.8 Å². The fraction of sp³-hybridized carbons (Fsp3) is 0.455. The highest BCUT2D eigenvalue weighted by Crippen LogP contribution is 2.31. The van der Waals surface area contributed by atoms with Crippen molar-refractivity contribution in [3.63, 3.8) is 0 Å². The summed E-state index contributed by atoms with van der Waals surface area (Å²) in [5.74, 6) is 0.443. The summed E-state index contributed by atoms with van der Waals surface area (Å²) in [6.45, 7) is 5.41. The van der Waals surface area contributed by atoms with Crippen molar-refractivity contribution < 1.29 is 9.84 Å². The van der Waals surface area contributed by atoms with Crippen molar-refractivity contribution in [2.45, 2.75) is 57.0 Å². The first-order valence-electron chi connectivity index (χ1n) is 10.1. The molecule has 2 atom stereocenters. The first-order valence-corrected chi connectivity index (χ1v) is 11.9. The predicted molar refractivity (Wildman–Crippen MR) is 119 cm³/mol. The summed E-state index contributed by atoms with van der Waals surface area (Å²) >= 11 is 3.02. The zero-order chi connectivity index (χ0) is 20.4. The van der Waals surface area contributed by atoms with Crippen LogP contribution in [0, 0.1) is 6.92 Å². The van der Waals surface area contributed by atoms with E-state index in [1.165, 1.54) is 11.8 Å². The van der Waals surface area contributed by atoms with E-state index in [4.69, 9.17) is 9.72 Å². The molecule has 0 radical (unpaired) electrons. The molecule has 1 aliphatic heterocycles. The van der Waals surface area contributed by atoms with E-state index < -0.39 is 6.10 Å². The number of aromatic nitrogens is 2. The molecule has 0 spiro atoms. The van der Waals surface area contributed by atoms with Gasteiger partial charge in [-0.3, -0.25) is 9.36 Å². The van der Waals surface area contributed by atoms with Gasteiger partial charge in [0.15, 0.2) is 5.16 Å². The normalized spacial score (nSPS) is 17.8. The summed E-state index contributed by atoms with van der Waals surface area (Å²) in [6.07, 6.45) is 2.26. The van der Waals surface area contributed by atoms with Crippen LogP contribution in [-0.2, 0) is 17.7 Å². The van der Waals surface area contributed by atoms with Gasteiger partial charge in [0, 0.05) is 17.2 Å². The number of ether oxygens (including phenoxy) is 1. The van der Waals surface area contributed by atoms with Gasteiger partial charge in [0.05, 0.1) is 24.1 Å². The Hall–Kier alpha value is -1.67. The Morgan fingerprint density at radius 3 is 2.86 bits per heavy atom. The van der Waals surface area contributed by atoms with Crippen LogP contribution in [0.3, 0.4) is 0 Å². The molecule has 0 bridgehead atoms. The fourth-order valence-electron chi connectivity index (χ4n) is 3.84. The number of hydrogen-bond acceptors (Lipinski definition) is 6. The summed E-state index contributed by atoms with van der Waals surface area (Å²) in [5, 5.41) is 12.0. The van der Waals surface area contributed by atoms with Crippen LogP contribution in [0.4, 0.5) is 0 Å². The number of thioether (sulfide) groups is 1. The minimum Gasteiger partial charge on any atom is -0.388 e. The van der Waals surface area contributed by atoms with Crippen LogP contribution < -0.4 is 5.56 Å². The van der Waals surface area contributed by atoms with Crippen LogP contribution in [0.1, 0.15) is 41.9 Å². The van der Waals surface area contributed by atoms with Gasteiger partial charge in [-0.05, 0) is 37.3 Å². The van der Waals surface area contributed by atoms with Gasteiger partial charge in [0.25, 0.3) is 5.56 Å². The van der Waals surface area contributed by atoms with Crippen molar-refractivity contribution in [2.24, 2.45) is 0 Å². The number of benzene rings is 1. The molecule has 1 N–H and O–H groups in total. The Morgan fingerprint density at radius 2 is 2.17 bits per heavy atom. The molecule has 3 heterocycles. The van der Waals surface area contributed by atoms with Crippen molar-refractivity contribution in [3.05, 3.63) is 56.7 Å². The molecule has 1 saturated heterocycles. The molecule has 29 heavy (non-hydrogen) atoms. The van der Waals surface area contributed by atoms with E-state index >= 15 is 0 Å². The van der Waals surface area contributed by atoms with E-state index in [0.29, 0.717) is 17.5 Å². The summed E-state index contributed by atoms with van der Waals surface area (Å²) in [6, 6.07) is 9.60. The van der Waals surface area contributed by atoms with Crippen molar-refractivity contribution in [1.82, 2.24) is 9.55 Å². The highest BCUT2D eigenvalue weighted by atomic mass is 32.2. The van der Waals surface area contributed by atoms with Crippen molar-refractivity contribution in [3.8, 4) is 0 Å². The molecule has 1 aliphatic rings. The summed E-state index contributed by atoms with van der Waals surface area (Å²) < 4.78 is 7.56. The van der Waals surface area contributed by atoms with Crippen molar-refractivity contribution >= 4 is 33.3 Å². The van der Waals surface area contributed by atoms with Gasteiger partial charge in [0.1, 0.15) is 4.83 Å². The molecular weight excluding hydrogens is 404 g/mol. The molecule has 154 valence electrons. The lowest BCUT2D eigenvalue weighted by Gasteiger charge is -2.17. The lowest BCUT2D eigenvalue weighted by atomic mass is 10.1. The smallest absolute Gasteiger partial charge is 0.263 e. The average molecular weight is 431 g/mol. The maximum Gasteiger partial charge on any atom is 0.263 e. The number of aliphatic hydroxyl groups excluding tert-OH is 1. The van der Waals surface area contributed by atoms with Gasteiger partial charge < -0.3 is 9.84 Å². The Kier molecular flexibility index (Phi) is 6.39. The monoisotopic (exact) mass is 430 g/mol. The third-order valence-electron chi connectivity index (χ3n) is 5.40. The lowest BCUT2D eigenvalue weighted by molar-refractivity contribution is 0.0937. The number of fused-ring (bicyclic) bond motifs is 1. The molecule has 0 unspecified atom stereocenters. The number of nitrogens with zero attached hydrogens (tertiary/aromatic N) is 2. The molecular formula is C22H26N2O3S2. The third kappa shape index (κ3) is 4.28. The Bertz CT molecular complexity index is 1040. The molecule has 4 rings (SSSR count). The van der Waals surface area contributed by atoms with Crippen molar-refractivity contribution in [2.75, 3.05) is 12.4 Å². The van der Waals surface area contributed by atoms with Crippen LogP contribution in [-0.4, -0.2) is 33.1 Å². The van der Waals surface area contributed by atoms with Gasteiger partial charge in [-0.1, -0.05) is 49.0 Å². The highest BCUT2D eigenvalue weighted by molar-refractivity contribution is 7.99. The van der Waals surface area contributed by atoms with Gasteiger partial charge in [-0.25, -0.2) is 4.98 Å². The topological polar surface area (TPSA) is 64.3 Å². The highest BCUT2D eigenvalue weighted by Gasteiger charge is 2.23. The van der Waals surface area contributed by atoms with Gasteiger partial charge in [-0.2, -0.15) is 0 Å². The van der Waals surface area contributed by atoms with E-state index in [1.807, 2.05) is 30.3 Å². The number of hydrogen-bond donors (Lipinski definition) is 1. The summed E-state index contributed by atoms with van der Waals surface area (Å²) in [4.78, 5) is 20.2. The maximum atomic E-state index is 13.4. The summed E-state index contributed by atoms with van der Waals surface area (Å²) in [5.41, 5.74) is 1.99. The molecule has 0 amide bonds. The number of aryl methyl sites for hydroxylation is 2. The molecule has 0 saturated carbocycles. The zero-order valence-corrected chi connectivity index (χ0v) is 18.4. The first-order chi connectivity index (χ1) is 14.1. The van der Waals surface area contributed by atoms with E-state index in [9.17, 15) is 9.90 Å². The standard InChI is InChI=1S/C22H26N2O3S2/c1-3-17-14(2)29-20-19(17)21(26)24(12-16-10-7-11-27-16)22(23-20)28-13-18(25)15-8-5-4-6-9-15/h4-6,8-9,16,18,25H,3,7,10-13H2,1-2H3/t16-,18-/m1/s1. The predicted octanol–water partition coefficient (Wildman–Crippen LogP) is 4.33. The molecule has 7 heteroatoms. The third-order valence-corrected chi connectivity index (χ3v) is 7.49. The molecule has 0 aliphatic carbocycles. The van der Waals surface area contributed by atoms with E-state index in [0.717, 1.165) is 52.1 Å². The Labute approximate surface area is 178 Å². The Balaban J connectivity index is 1.69. The van der Waals surface area contributed by atoms with Crippen LogP contribution in [0.5, 0.6) is 0 Å². The maximum absolute atomic E-state index is 13.4. The van der Waals surface area contributed by atoms with Gasteiger partial charge >= 0.3 is 0 Å². The minimum atomic E-state index is -0.610. The largest absolute Gasteiger partial charge is 0.388 e. The van der Waals surface area contributed by atoms with Gasteiger partial charge in [-0.15, -0.1) is 11.3 Å². The number of aliphatic hydroxyl groups is 1. The van der Waals surface area contributed by atoms with Gasteiger partial charge in [0.2, 0.25) is 0 Å². The van der Waals surface area contributed by atoms with Crippen LogP contribution in [0.2, 0.25) is 0 Å². The molecule has 3 aromatic rings. The molecule has 1 fully saturated rings. The van der Waals surface area contributed by atoms with Crippen LogP contribution in [0.15, 0.2) is 40.3 Å². The molecule has 5 nitrogen and oxygen atoms in total. The Morgan fingerprint density at radius 1 is 1.38 bits per heavy atom. The molecule has 2 aromatic heterocycles. The number of rotatable bonds is 7. The second-order valence-corrected chi connectivity index (χ2v) is 9.54. The second kappa shape index (κ2) is 9.00. The van der Waals surface area contributed by atoms with Crippen LogP contribution in [0.25, 0.3) is 10.2 Å². The van der Waals surface area contributed by atoms with E-state index in [1.54, 1.807) is 15.9 Å². The average Bonchev–Trinajstić information content (AvgIpc) is 3.36. The SMILES string of the molecule is CCc1c(C)sc2nc(SC[C@@H](O)c3ccccc3)n(C[C@H]3CCCO3)c(=O)c12. The van der Waals surface area contributed by atoms with Crippen molar-refractivity contribution in [1.29, 1.82) is 0 Å². The lowest BCUT2D eigenvalue weighted by Crippen LogP contribution is -2.29. The second-order valence-electron chi connectivity index (χ2n) is 7.35.